The number of nitrogens with zero attached hydrogens (tertiary/aromatic N) is 3. The van der Waals surface area contributed by atoms with Gasteiger partial charge in [-0.2, -0.15) is 0 Å². The summed E-state index contributed by atoms with van der Waals surface area (Å²) in [6.45, 7) is 1.01. The lowest BCUT2D eigenvalue weighted by atomic mass is 10.2. The van der Waals surface area contributed by atoms with E-state index in [0.717, 1.165) is 30.0 Å². The molecule has 0 spiro atoms. The maximum absolute atomic E-state index is 12.6. The van der Waals surface area contributed by atoms with Crippen molar-refractivity contribution in [3.05, 3.63) is 90.4 Å². The van der Waals surface area contributed by atoms with Crippen molar-refractivity contribution in [3.8, 4) is 11.5 Å². The molecule has 4 aromatic rings. The molecule has 0 saturated carbocycles. The van der Waals surface area contributed by atoms with E-state index in [9.17, 15) is 9.59 Å². The van der Waals surface area contributed by atoms with Crippen LogP contribution in [-0.2, 0) is 11.4 Å². The number of imidazole rings is 1. The highest BCUT2D eigenvalue weighted by atomic mass is 16.5. The van der Waals surface area contributed by atoms with Gasteiger partial charge in [0.25, 0.3) is 0 Å². The molecule has 0 atom stereocenters. The fourth-order valence-electron chi connectivity index (χ4n) is 3.71. The standard InChI is InChI=1S/C25H21N3O4/c29-24-8-4-14-28(24)20-9-11-21(12-10-20)32-25(30)18-5-3-6-22(15-18)31-17-19-16-27-13-2-1-7-23(27)26-19/h1-3,5-7,9-13,15-16H,4,8,14,17H2. The number of carbonyl (C=O) groups is 2. The Morgan fingerprint density at radius 3 is 2.66 bits per heavy atom. The molecule has 1 aliphatic heterocycles. The second-order valence-corrected chi connectivity index (χ2v) is 7.55. The summed E-state index contributed by atoms with van der Waals surface area (Å²) < 4.78 is 13.2. The minimum absolute atomic E-state index is 0.121. The molecule has 160 valence electrons. The highest BCUT2D eigenvalue weighted by molar-refractivity contribution is 5.95. The number of hydrogen-bond acceptors (Lipinski definition) is 5. The van der Waals surface area contributed by atoms with Gasteiger partial charge in [0.1, 0.15) is 23.8 Å². The van der Waals surface area contributed by atoms with Crippen molar-refractivity contribution in [2.45, 2.75) is 19.4 Å². The van der Waals surface area contributed by atoms with Crippen molar-refractivity contribution >= 4 is 23.2 Å². The summed E-state index contributed by atoms with van der Waals surface area (Å²) in [5.41, 5.74) is 2.84. The molecule has 1 amide bonds. The number of carbonyl (C=O) groups excluding carboxylic acids is 2. The van der Waals surface area contributed by atoms with Gasteiger partial charge in [0.15, 0.2) is 0 Å². The largest absolute Gasteiger partial charge is 0.487 e. The van der Waals surface area contributed by atoms with E-state index in [1.54, 1.807) is 53.4 Å². The van der Waals surface area contributed by atoms with E-state index in [0.29, 0.717) is 23.5 Å². The molecular formula is C25H21N3O4. The predicted molar refractivity (Wildman–Crippen MR) is 119 cm³/mol. The predicted octanol–water partition coefficient (Wildman–Crippen LogP) is 4.26. The number of rotatable bonds is 6. The zero-order valence-electron chi connectivity index (χ0n) is 17.3. The highest BCUT2D eigenvalue weighted by Crippen LogP contribution is 2.25. The average molecular weight is 427 g/mol. The van der Waals surface area contributed by atoms with Gasteiger partial charge < -0.3 is 18.8 Å². The Bertz CT molecular complexity index is 1250. The molecule has 0 radical (unpaired) electrons. The Morgan fingerprint density at radius 2 is 1.88 bits per heavy atom. The molecule has 1 saturated heterocycles. The van der Waals surface area contributed by atoms with Crippen LogP contribution in [0.2, 0.25) is 0 Å². The van der Waals surface area contributed by atoms with Crippen LogP contribution in [-0.4, -0.2) is 27.8 Å². The van der Waals surface area contributed by atoms with E-state index in [1.807, 2.05) is 35.0 Å². The van der Waals surface area contributed by atoms with Crippen LogP contribution in [0.5, 0.6) is 11.5 Å². The van der Waals surface area contributed by atoms with Gasteiger partial charge in [-0.15, -0.1) is 0 Å². The van der Waals surface area contributed by atoms with Crippen molar-refractivity contribution in [2.24, 2.45) is 0 Å². The summed E-state index contributed by atoms with van der Waals surface area (Å²) in [6, 6.07) is 19.6. The second-order valence-electron chi connectivity index (χ2n) is 7.55. The molecule has 5 rings (SSSR count). The van der Waals surface area contributed by atoms with Crippen LogP contribution < -0.4 is 14.4 Å². The van der Waals surface area contributed by atoms with Crippen LogP contribution in [0.25, 0.3) is 5.65 Å². The van der Waals surface area contributed by atoms with Crippen LogP contribution in [0.3, 0.4) is 0 Å². The van der Waals surface area contributed by atoms with E-state index >= 15 is 0 Å². The third-order valence-corrected chi connectivity index (χ3v) is 5.30. The van der Waals surface area contributed by atoms with E-state index in [4.69, 9.17) is 9.47 Å². The maximum Gasteiger partial charge on any atom is 0.343 e. The monoisotopic (exact) mass is 427 g/mol. The molecule has 32 heavy (non-hydrogen) atoms. The molecule has 2 aromatic heterocycles. The van der Waals surface area contributed by atoms with Gasteiger partial charge >= 0.3 is 5.97 Å². The molecule has 0 unspecified atom stereocenters. The number of ether oxygens (including phenoxy) is 2. The van der Waals surface area contributed by atoms with Gasteiger partial charge in [-0.1, -0.05) is 12.1 Å². The zero-order valence-corrected chi connectivity index (χ0v) is 17.3. The van der Waals surface area contributed by atoms with Crippen LogP contribution in [0.1, 0.15) is 28.9 Å². The number of anilines is 1. The van der Waals surface area contributed by atoms with Gasteiger partial charge in [-0.25, -0.2) is 9.78 Å². The van der Waals surface area contributed by atoms with Gasteiger partial charge in [-0.3, -0.25) is 4.79 Å². The molecule has 2 aromatic carbocycles. The summed E-state index contributed by atoms with van der Waals surface area (Å²) >= 11 is 0. The third kappa shape index (κ3) is 4.18. The molecular weight excluding hydrogens is 406 g/mol. The van der Waals surface area contributed by atoms with Crippen molar-refractivity contribution < 1.29 is 19.1 Å². The summed E-state index contributed by atoms with van der Waals surface area (Å²) in [7, 11) is 0. The number of amides is 1. The first kappa shape index (κ1) is 19.8. The minimum Gasteiger partial charge on any atom is -0.487 e. The van der Waals surface area contributed by atoms with Crippen molar-refractivity contribution in [1.82, 2.24) is 9.38 Å². The van der Waals surface area contributed by atoms with Gasteiger partial charge in [0.05, 0.1) is 11.3 Å². The molecule has 1 aliphatic rings. The number of esters is 1. The maximum atomic E-state index is 12.6. The third-order valence-electron chi connectivity index (χ3n) is 5.30. The number of fused-ring (bicyclic) bond motifs is 1. The lowest BCUT2D eigenvalue weighted by Crippen LogP contribution is -2.23. The van der Waals surface area contributed by atoms with Gasteiger partial charge in [0.2, 0.25) is 5.91 Å². The summed E-state index contributed by atoms with van der Waals surface area (Å²) in [6.07, 6.45) is 5.28. The van der Waals surface area contributed by atoms with E-state index in [1.165, 1.54) is 0 Å². The van der Waals surface area contributed by atoms with Gasteiger partial charge in [0, 0.05) is 31.0 Å². The van der Waals surface area contributed by atoms with Crippen molar-refractivity contribution in [2.75, 3.05) is 11.4 Å². The Morgan fingerprint density at radius 1 is 1.00 bits per heavy atom. The van der Waals surface area contributed by atoms with Gasteiger partial charge in [-0.05, 0) is 61.0 Å². The number of benzene rings is 2. The topological polar surface area (TPSA) is 73.1 Å². The molecule has 7 nitrogen and oxygen atoms in total. The lowest BCUT2D eigenvalue weighted by Gasteiger charge is -2.15. The fourth-order valence-corrected chi connectivity index (χ4v) is 3.71. The quantitative estimate of drug-likeness (QED) is 0.340. The van der Waals surface area contributed by atoms with Crippen molar-refractivity contribution in [3.63, 3.8) is 0 Å². The van der Waals surface area contributed by atoms with Crippen LogP contribution in [0, 0.1) is 0 Å². The second kappa shape index (κ2) is 8.55. The Labute approximate surface area is 184 Å². The molecule has 0 N–H and O–H groups in total. The first-order valence-corrected chi connectivity index (χ1v) is 10.4. The molecule has 0 bridgehead atoms. The minimum atomic E-state index is -0.479. The Balaban J connectivity index is 1.22. The van der Waals surface area contributed by atoms with E-state index in [2.05, 4.69) is 4.98 Å². The number of hydrogen-bond donors (Lipinski definition) is 0. The Kier molecular flexibility index (Phi) is 5.29. The van der Waals surface area contributed by atoms with E-state index in [-0.39, 0.29) is 12.5 Å². The molecule has 3 heterocycles. The van der Waals surface area contributed by atoms with Crippen LogP contribution in [0.4, 0.5) is 5.69 Å². The molecule has 7 heteroatoms. The highest BCUT2D eigenvalue weighted by Gasteiger charge is 2.21. The normalized spacial score (nSPS) is 13.5. The molecule has 0 aliphatic carbocycles. The summed E-state index contributed by atoms with van der Waals surface area (Å²) in [4.78, 5) is 30.7. The summed E-state index contributed by atoms with van der Waals surface area (Å²) in [5, 5.41) is 0. The molecule has 1 fully saturated rings. The first-order valence-electron chi connectivity index (χ1n) is 10.4. The van der Waals surface area contributed by atoms with E-state index < -0.39 is 5.97 Å². The fraction of sp³-hybridized carbons (Fsp3) is 0.160. The lowest BCUT2D eigenvalue weighted by molar-refractivity contribution is -0.117. The number of pyridine rings is 1. The van der Waals surface area contributed by atoms with Crippen LogP contribution >= 0.6 is 0 Å². The zero-order chi connectivity index (χ0) is 21.9. The number of aromatic nitrogens is 2. The summed E-state index contributed by atoms with van der Waals surface area (Å²) in [5.74, 6) is 0.615. The van der Waals surface area contributed by atoms with Crippen LogP contribution in [0.15, 0.2) is 79.1 Å². The average Bonchev–Trinajstić information content (AvgIpc) is 3.44. The first-order chi connectivity index (χ1) is 15.7. The Hall–Kier alpha value is -4.13. The smallest absolute Gasteiger partial charge is 0.343 e. The SMILES string of the molecule is O=C(Oc1ccc(N2CCCC2=O)cc1)c1cccc(OCc2cn3ccccc3n2)c1. The van der Waals surface area contributed by atoms with Crippen molar-refractivity contribution in [1.29, 1.82) is 0 Å².